The Hall–Kier alpha value is -1.81. The summed E-state index contributed by atoms with van der Waals surface area (Å²) < 4.78 is 0. The average Bonchev–Trinajstić information content (AvgIpc) is 2.64. The molecular weight excluding hydrogens is 222 g/mol. The van der Waals surface area contributed by atoms with Crippen LogP contribution < -0.4 is 5.32 Å². The highest BCUT2D eigenvalue weighted by Gasteiger charge is 2.09. The first-order valence-corrected chi connectivity index (χ1v) is 5.74. The zero-order valence-corrected chi connectivity index (χ0v) is 9.54. The van der Waals surface area contributed by atoms with E-state index in [0.29, 0.717) is 11.3 Å². The van der Waals surface area contributed by atoms with Gasteiger partial charge in [-0.15, -0.1) is 0 Å². The molecule has 0 atom stereocenters. The largest absolute Gasteiger partial charge is 0.508 e. The number of phenolic OH excluding ortho intramolecular Hbond substituents is 1. The lowest BCUT2D eigenvalue weighted by molar-refractivity contribution is 0.102. The predicted molar refractivity (Wildman–Crippen MR) is 65.1 cm³/mol. The van der Waals surface area contributed by atoms with E-state index in [0.717, 1.165) is 5.56 Å². The summed E-state index contributed by atoms with van der Waals surface area (Å²) in [5.74, 6) is -0.0100. The molecule has 0 unspecified atom stereocenters. The monoisotopic (exact) mass is 233 g/mol. The molecule has 2 rings (SSSR count). The third-order valence-electron chi connectivity index (χ3n) is 2.20. The van der Waals surface area contributed by atoms with Crippen molar-refractivity contribution >= 4 is 22.9 Å². The Kier molecular flexibility index (Phi) is 2.92. The minimum atomic E-state index is -0.149. The van der Waals surface area contributed by atoms with Gasteiger partial charge in [-0.1, -0.05) is 6.07 Å². The van der Waals surface area contributed by atoms with Crippen molar-refractivity contribution in [1.82, 2.24) is 0 Å². The number of phenols is 1. The highest BCUT2D eigenvalue weighted by molar-refractivity contribution is 7.08. The number of carbonyl (C=O) groups excluding carboxylic acids is 1. The number of amides is 1. The van der Waals surface area contributed by atoms with Crippen LogP contribution in [-0.2, 0) is 0 Å². The molecule has 2 N–H and O–H groups in total. The summed E-state index contributed by atoms with van der Waals surface area (Å²) in [6.07, 6.45) is 0. The third kappa shape index (κ3) is 2.23. The van der Waals surface area contributed by atoms with E-state index in [-0.39, 0.29) is 11.7 Å². The number of nitrogens with one attached hydrogen (secondary N) is 1. The molecule has 0 aliphatic carbocycles. The summed E-state index contributed by atoms with van der Waals surface area (Å²) in [5.41, 5.74) is 2.23. The zero-order chi connectivity index (χ0) is 11.5. The van der Waals surface area contributed by atoms with Crippen LogP contribution in [0.2, 0.25) is 0 Å². The van der Waals surface area contributed by atoms with Gasteiger partial charge in [0.1, 0.15) is 5.75 Å². The van der Waals surface area contributed by atoms with Gasteiger partial charge in [-0.25, -0.2) is 0 Å². The van der Waals surface area contributed by atoms with Gasteiger partial charge in [0, 0.05) is 17.1 Å². The van der Waals surface area contributed by atoms with Gasteiger partial charge in [0.05, 0.1) is 5.56 Å². The van der Waals surface area contributed by atoms with E-state index in [4.69, 9.17) is 0 Å². The molecule has 1 aromatic carbocycles. The number of aryl methyl sites for hydroxylation is 1. The third-order valence-corrected chi connectivity index (χ3v) is 3.07. The van der Waals surface area contributed by atoms with Crippen LogP contribution in [0, 0.1) is 6.92 Å². The SMILES string of the molecule is Cc1cscc1C(=O)Nc1cccc(O)c1. The normalized spacial score (nSPS) is 10.1. The molecule has 3 nitrogen and oxygen atoms in total. The van der Waals surface area contributed by atoms with Gasteiger partial charge in [0.2, 0.25) is 0 Å². The second-order valence-electron chi connectivity index (χ2n) is 3.47. The second-order valence-corrected chi connectivity index (χ2v) is 4.22. The van der Waals surface area contributed by atoms with Crippen LogP contribution in [0.15, 0.2) is 35.0 Å². The summed E-state index contributed by atoms with van der Waals surface area (Å²) >= 11 is 1.50. The summed E-state index contributed by atoms with van der Waals surface area (Å²) in [6.45, 7) is 1.90. The molecule has 1 aromatic heterocycles. The Morgan fingerprint density at radius 1 is 1.38 bits per heavy atom. The molecule has 0 aliphatic heterocycles. The Bertz CT molecular complexity index is 519. The minimum absolute atomic E-state index is 0.139. The molecule has 1 amide bonds. The van der Waals surface area contributed by atoms with Crippen molar-refractivity contribution in [3.8, 4) is 5.75 Å². The Balaban J connectivity index is 2.17. The average molecular weight is 233 g/mol. The predicted octanol–water partition coefficient (Wildman–Crippen LogP) is 3.01. The van der Waals surface area contributed by atoms with E-state index in [1.165, 1.54) is 17.4 Å². The summed E-state index contributed by atoms with van der Waals surface area (Å²) in [4.78, 5) is 11.8. The van der Waals surface area contributed by atoms with Crippen LogP contribution in [0.25, 0.3) is 0 Å². The molecule has 16 heavy (non-hydrogen) atoms. The molecule has 0 radical (unpaired) electrons. The van der Waals surface area contributed by atoms with E-state index in [1.54, 1.807) is 18.2 Å². The quantitative estimate of drug-likeness (QED) is 0.837. The van der Waals surface area contributed by atoms with Crippen LogP contribution in [-0.4, -0.2) is 11.0 Å². The molecule has 4 heteroatoms. The highest BCUT2D eigenvalue weighted by Crippen LogP contribution is 2.18. The fraction of sp³-hybridized carbons (Fsp3) is 0.0833. The molecule has 0 saturated heterocycles. The van der Waals surface area contributed by atoms with Crippen molar-refractivity contribution in [2.45, 2.75) is 6.92 Å². The lowest BCUT2D eigenvalue weighted by Crippen LogP contribution is -2.11. The van der Waals surface area contributed by atoms with E-state index < -0.39 is 0 Å². The van der Waals surface area contributed by atoms with Crippen LogP contribution >= 0.6 is 11.3 Å². The first-order valence-electron chi connectivity index (χ1n) is 4.80. The molecule has 0 fully saturated rings. The minimum Gasteiger partial charge on any atom is -0.508 e. The summed E-state index contributed by atoms with van der Waals surface area (Å²) in [6, 6.07) is 6.50. The van der Waals surface area contributed by atoms with Gasteiger partial charge >= 0.3 is 0 Å². The van der Waals surface area contributed by atoms with E-state index in [9.17, 15) is 9.90 Å². The Labute approximate surface area is 97.4 Å². The smallest absolute Gasteiger partial charge is 0.256 e. The van der Waals surface area contributed by atoms with E-state index in [2.05, 4.69) is 5.32 Å². The highest BCUT2D eigenvalue weighted by atomic mass is 32.1. The van der Waals surface area contributed by atoms with Gasteiger partial charge < -0.3 is 10.4 Å². The molecule has 2 aromatic rings. The number of rotatable bonds is 2. The maximum absolute atomic E-state index is 11.8. The molecule has 0 aliphatic rings. The summed E-state index contributed by atoms with van der Waals surface area (Å²) in [5, 5.41) is 15.7. The molecule has 1 heterocycles. The molecule has 0 bridgehead atoms. The first-order chi connectivity index (χ1) is 7.66. The summed E-state index contributed by atoms with van der Waals surface area (Å²) in [7, 11) is 0. The van der Waals surface area contributed by atoms with Crippen molar-refractivity contribution in [2.75, 3.05) is 5.32 Å². The number of benzene rings is 1. The number of carbonyl (C=O) groups is 1. The van der Waals surface area contributed by atoms with Gasteiger partial charge in [-0.05, 0) is 30.0 Å². The van der Waals surface area contributed by atoms with Gasteiger partial charge in [-0.3, -0.25) is 4.79 Å². The zero-order valence-electron chi connectivity index (χ0n) is 8.73. The van der Waals surface area contributed by atoms with E-state index in [1.807, 2.05) is 17.7 Å². The molecule has 0 saturated carbocycles. The van der Waals surface area contributed by atoms with Gasteiger partial charge in [0.15, 0.2) is 0 Å². The van der Waals surface area contributed by atoms with Crippen molar-refractivity contribution < 1.29 is 9.90 Å². The number of aromatic hydroxyl groups is 1. The van der Waals surface area contributed by atoms with Crippen molar-refractivity contribution in [3.05, 3.63) is 46.2 Å². The van der Waals surface area contributed by atoms with Crippen LogP contribution in [0.5, 0.6) is 5.75 Å². The van der Waals surface area contributed by atoms with Crippen molar-refractivity contribution in [2.24, 2.45) is 0 Å². The Morgan fingerprint density at radius 3 is 2.81 bits per heavy atom. The van der Waals surface area contributed by atoms with Crippen molar-refractivity contribution in [1.29, 1.82) is 0 Å². The molecule has 0 spiro atoms. The second kappa shape index (κ2) is 4.37. The van der Waals surface area contributed by atoms with E-state index >= 15 is 0 Å². The van der Waals surface area contributed by atoms with Crippen LogP contribution in [0.1, 0.15) is 15.9 Å². The number of anilines is 1. The van der Waals surface area contributed by atoms with Gasteiger partial charge in [-0.2, -0.15) is 11.3 Å². The lowest BCUT2D eigenvalue weighted by Gasteiger charge is -2.04. The molecule has 82 valence electrons. The van der Waals surface area contributed by atoms with Gasteiger partial charge in [0.25, 0.3) is 5.91 Å². The standard InChI is InChI=1S/C12H11NO2S/c1-8-6-16-7-11(8)12(15)13-9-3-2-4-10(14)5-9/h2-7,14H,1H3,(H,13,15). The Morgan fingerprint density at radius 2 is 2.19 bits per heavy atom. The number of hydrogen-bond acceptors (Lipinski definition) is 3. The number of thiophene rings is 1. The number of hydrogen-bond donors (Lipinski definition) is 2. The maximum Gasteiger partial charge on any atom is 0.256 e. The first kappa shape index (κ1) is 10.7. The topological polar surface area (TPSA) is 49.3 Å². The van der Waals surface area contributed by atoms with Crippen LogP contribution in [0.3, 0.4) is 0 Å². The fourth-order valence-corrected chi connectivity index (χ4v) is 2.20. The van der Waals surface area contributed by atoms with Crippen molar-refractivity contribution in [3.63, 3.8) is 0 Å². The fourth-order valence-electron chi connectivity index (χ4n) is 1.38. The maximum atomic E-state index is 11.8. The molecular formula is C12H11NO2S. The lowest BCUT2D eigenvalue weighted by atomic mass is 10.2. The van der Waals surface area contributed by atoms with Crippen LogP contribution in [0.4, 0.5) is 5.69 Å².